The molecular formula is C9H14FIN2O4. The standard InChI is InChI=1S/C9H14FIN2O4/c1-12-8(16)4(11)2-13-9-6(10)7(15)5(3-14)17-9/h2,5-7,9,13-15H,3H2,1H3,(H,12,16)/b4-2+. The molecule has 1 aliphatic heterocycles. The van der Waals surface area contributed by atoms with Gasteiger partial charge in [0.1, 0.15) is 12.2 Å². The summed E-state index contributed by atoms with van der Waals surface area (Å²) in [5.41, 5.74) is 0. The molecule has 1 heterocycles. The van der Waals surface area contributed by atoms with E-state index in [1.54, 1.807) is 22.6 Å². The number of carbonyl (C=O) groups excluding carboxylic acids is 1. The number of likely N-dealkylation sites (N-methyl/N-ethyl adjacent to an activating group) is 1. The van der Waals surface area contributed by atoms with Gasteiger partial charge >= 0.3 is 0 Å². The normalized spacial score (nSPS) is 33.6. The number of hydrogen-bond acceptors (Lipinski definition) is 5. The Kier molecular flexibility index (Phi) is 5.56. The lowest BCUT2D eigenvalue weighted by Crippen LogP contribution is -2.36. The van der Waals surface area contributed by atoms with Crippen LogP contribution in [0.15, 0.2) is 9.78 Å². The molecule has 1 saturated heterocycles. The highest BCUT2D eigenvalue weighted by Gasteiger charge is 2.43. The van der Waals surface area contributed by atoms with Gasteiger partial charge in [-0.05, 0) is 22.6 Å². The third kappa shape index (κ3) is 3.50. The summed E-state index contributed by atoms with van der Waals surface area (Å²) >= 11 is 1.78. The minimum Gasteiger partial charge on any atom is -0.394 e. The number of alkyl halides is 1. The molecule has 4 atom stereocenters. The number of halogens is 2. The second-order valence-electron chi connectivity index (χ2n) is 3.45. The molecule has 0 aromatic rings. The number of amides is 1. The fraction of sp³-hybridized carbons (Fsp3) is 0.667. The van der Waals surface area contributed by atoms with Gasteiger partial charge in [-0.1, -0.05) is 0 Å². The third-order valence-corrected chi connectivity index (χ3v) is 3.12. The monoisotopic (exact) mass is 360 g/mol. The predicted molar refractivity (Wildman–Crippen MR) is 66.0 cm³/mol. The summed E-state index contributed by atoms with van der Waals surface area (Å²) in [6.07, 6.45) is -3.76. The van der Waals surface area contributed by atoms with Crippen LogP contribution >= 0.6 is 22.6 Å². The zero-order valence-corrected chi connectivity index (χ0v) is 11.2. The van der Waals surface area contributed by atoms with Gasteiger partial charge in [0.15, 0.2) is 12.4 Å². The highest BCUT2D eigenvalue weighted by molar-refractivity contribution is 14.1. The van der Waals surface area contributed by atoms with Gasteiger partial charge in [-0.3, -0.25) is 4.79 Å². The van der Waals surface area contributed by atoms with Gasteiger partial charge in [0, 0.05) is 13.2 Å². The molecular weight excluding hydrogens is 346 g/mol. The van der Waals surface area contributed by atoms with Gasteiger partial charge in [-0.2, -0.15) is 0 Å². The fourth-order valence-electron chi connectivity index (χ4n) is 1.35. The first kappa shape index (κ1) is 14.6. The minimum atomic E-state index is -1.66. The molecule has 0 bridgehead atoms. The summed E-state index contributed by atoms with van der Waals surface area (Å²) in [4.78, 5) is 11.1. The molecule has 0 spiro atoms. The van der Waals surface area contributed by atoms with Crippen molar-refractivity contribution in [3.8, 4) is 0 Å². The van der Waals surface area contributed by atoms with E-state index in [1.807, 2.05) is 0 Å². The number of aliphatic hydroxyl groups is 2. The van der Waals surface area contributed by atoms with Gasteiger partial charge in [-0.15, -0.1) is 0 Å². The van der Waals surface area contributed by atoms with E-state index < -0.39 is 31.2 Å². The maximum absolute atomic E-state index is 13.5. The highest BCUT2D eigenvalue weighted by atomic mass is 127. The summed E-state index contributed by atoms with van der Waals surface area (Å²) in [7, 11) is 1.48. The summed E-state index contributed by atoms with van der Waals surface area (Å²) in [6, 6.07) is 0. The van der Waals surface area contributed by atoms with Crippen LogP contribution in [0.25, 0.3) is 0 Å². The SMILES string of the molecule is CNC(=O)/C(I)=C\NC1OC(CO)C(O)C1F. The van der Waals surface area contributed by atoms with E-state index in [2.05, 4.69) is 10.6 Å². The Bertz CT molecular complexity index is 315. The van der Waals surface area contributed by atoms with Crippen molar-refractivity contribution >= 4 is 28.5 Å². The largest absolute Gasteiger partial charge is 0.394 e. The van der Waals surface area contributed by atoms with Crippen LogP contribution in [-0.2, 0) is 9.53 Å². The number of ether oxygens (including phenoxy) is 1. The van der Waals surface area contributed by atoms with E-state index in [0.29, 0.717) is 3.58 Å². The average Bonchev–Trinajstić information content (AvgIpc) is 2.62. The van der Waals surface area contributed by atoms with Crippen LogP contribution in [0.1, 0.15) is 0 Å². The molecule has 98 valence electrons. The maximum Gasteiger partial charge on any atom is 0.258 e. The summed E-state index contributed by atoms with van der Waals surface area (Å²) in [5, 5.41) is 23.1. The summed E-state index contributed by atoms with van der Waals surface area (Å²) in [6.45, 7) is -0.462. The van der Waals surface area contributed by atoms with Crippen molar-refractivity contribution in [2.75, 3.05) is 13.7 Å². The second kappa shape index (κ2) is 6.47. The molecule has 0 aromatic carbocycles. The average molecular weight is 360 g/mol. The molecule has 1 aliphatic rings. The molecule has 1 amide bonds. The smallest absolute Gasteiger partial charge is 0.258 e. The van der Waals surface area contributed by atoms with Crippen LogP contribution in [0.3, 0.4) is 0 Å². The van der Waals surface area contributed by atoms with Crippen LogP contribution < -0.4 is 10.6 Å². The Balaban J connectivity index is 2.56. The molecule has 4 unspecified atom stereocenters. The predicted octanol–water partition coefficient (Wildman–Crippen LogP) is -0.985. The first-order chi connectivity index (χ1) is 8.01. The molecule has 8 heteroatoms. The van der Waals surface area contributed by atoms with E-state index >= 15 is 0 Å². The fourth-order valence-corrected chi connectivity index (χ4v) is 1.80. The van der Waals surface area contributed by atoms with E-state index in [0.717, 1.165) is 0 Å². The number of carbonyl (C=O) groups is 1. The molecule has 0 radical (unpaired) electrons. The quantitative estimate of drug-likeness (QED) is 0.382. The minimum absolute atomic E-state index is 0.314. The number of aliphatic hydroxyl groups excluding tert-OH is 2. The first-order valence-corrected chi connectivity index (χ1v) is 6.01. The zero-order valence-electron chi connectivity index (χ0n) is 9.06. The summed E-state index contributed by atoms with van der Waals surface area (Å²) < 4.78 is 18.8. The van der Waals surface area contributed by atoms with E-state index in [1.165, 1.54) is 13.2 Å². The summed E-state index contributed by atoms with van der Waals surface area (Å²) in [5.74, 6) is -0.314. The van der Waals surface area contributed by atoms with Crippen LogP contribution in [0.5, 0.6) is 0 Å². The van der Waals surface area contributed by atoms with Gasteiger partial charge in [-0.25, -0.2) is 4.39 Å². The van der Waals surface area contributed by atoms with Crippen LogP contribution in [0.2, 0.25) is 0 Å². The Hall–Kier alpha value is -0.450. The highest BCUT2D eigenvalue weighted by Crippen LogP contribution is 2.22. The van der Waals surface area contributed by atoms with Crippen LogP contribution in [-0.4, -0.2) is 54.4 Å². The molecule has 1 rings (SSSR count). The lowest BCUT2D eigenvalue weighted by Gasteiger charge is -2.13. The maximum atomic E-state index is 13.5. The van der Waals surface area contributed by atoms with E-state index in [-0.39, 0.29) is 5.91 Å². The first-order valence-electron chi connectivity index (χ1n) is 4.93. The van der Waals surface area contributed by atoms with Crippen LogP contribution in [0, 0.1) is 0 Å². The molecule has 0 aromatic heterocycles. The van der Waals surface area contributed by atoms with E-state index in [4.69, 9.17) is 9.84 Å². The molecule has 1 fully saturated rings. The molecule has 0 saturated carbocycles. The van der Waals surface area contributed by atoms with Crippen molar-refractivity contribution in [2.24, 2.45) is 0 Å². The third-order valence-electron chi connectivity index (χ3n) is 2.32. The topological polar surface area (TPSA) is 90.8 Å². The Morgan fingerprint density at radius 1 is 1.65 bits per heavy atom. The number of rotatable bonds is 4. The molecule has 17 heavy (non-hydrogen) atoms. The van der Waals surface area contributed by atoms with Crippen molar-refractivity contribution in [2.45, 2.75) is 24.6 Å². The van der Waals surface area contributed by atoms with Crippen LogP contribution in [0.4, 0.5) is 4.39 Å². The van der Waals surface area contributed by atoms with Gasteiger partial charge in [0.25, 0.3) is 5.91 Å². The van der Waals surface area contributed by atoms with E-state index in [9.17, 15) is 14.3 Å². The van der Waals surface area contributed by atoms with Crippen molar-refractivity contribution < 1.29 is 24.1 Å². The lowest BCUT2D eigenvalue weighted by atomic mass is 10.1. The van der Waals surface area contributed by atoms with Gasteiger partial charge < -0.3 is 25.6 Å². The Labute approximate surface area is 111 Å². The Morgan fingerprint density at radius 3 is 2.76 bits per heavy atom. The van der Waals surface area contributed by atoms with Crippen molar-refractivity contribution in [1.82, 2.24) is 10.6 Å². The number of nitrogens with one attached hydrogen (secondary N) is 2. The van der Waals surface area contributed by atoms with Gasteiger partial charge in [0.2, 0.25) is 0 Å². The zero-order chi connectivity index (χ0) is 13.0. The van der Waals surface area contributed by atoms with Crippen molar-refractivity contribution in [3.63, 3.8) is 0 Å². The molecule has 0 aliphatic carbocycles. The van der Waals surface area contributed by atoms with Gasteiger partial charge in [0.05, 0.1) is 10.2 Å². The second-order valence-corrected chi connectivity index (χ2v) is 4.61. The van der Waals surface area contributed by atoms with Crippen molar-refractivity contribution in [1.29, 1.82) is 0 Å². The Morgan fingerprint density at radius 2 is 2.29 bits per heavy atom. The van der Waals surface area contributed by atoms with Crippen molar-refractivity contribution in [3.05, 3.63) is 9.78 Å². The molecule has 6 nitrogen and oxygen atoms in total. The lowest BCUT2D eigenvalue weighted by molar-refractivity contribution is -0.116. The number of hydrogen-bond donors (Lipinski definition) is 4. The molecule has 4 N–H and O–H groups in total.